The molecule has 0 aliphatic heterocycles. The van der Waals surface area contributed by atoms with Crippen LogP contribution >= 0.6 is 11.6 Å². The third kappa shape index (κ3) is 4.48. The lowest BCUT2D eigenvalue weighted by molar-refractivity contribution is -0.137. The van der Waals surface area contributed by atoms with Gasteiger partial charge in [-0.05, 0) is 24.6 Å². The number of nitrogens with zero attached hydrogens (tertiary/aromatic N) is 1. The van der Waals surface area contributed by atoms with Crippen LogP contribution in [-0.4, -0.2) is 17.1 Å². The Kier molecular flexibility index (Phi) is 5.50. The smallest absolute Gasteiger partial charge is 0.409 e. The minimum Gasteiger partial charge on any atom is -0.409 e. The van der Waals surface area contributed by atoms with E-state index in [1.54, 1.807) is 6.92 Å². The summed E-state index contributed by atoms with van der Waals surface area (Å²) in [7, 11) is 0. The van der Waals surface area contributed by atoms with Gasteiger partial charge in [0.1, 0.15) is 5.84 Å². The largest absolute Gasteiger partial charge is 0.418 e. The fraction of sp³-hybridized carbons (Fsp3) is 0.417. The van der Waals surface area contributed by atoms with Gasteiger partial charge in [0.15, 0.2) is 0 Å². The van der Waals surface area contributed by atoms with E-state index in [9.17, 15) is 13.2 Å². The van der Waals surface area contributed by atoms with Gasteiger partial charge in [-0.3, -0.25) is 0 Å². The molecule has 112 valence electrons. The summed E-state index contributed by atoms with van der Waals surface area (Å²) in [6.45, 7) is 1.78. The van der Waals surface area contributed by atoms with Crippen molar-refractivity contribution < 1.29 is 18.4 Å². The number of hydrogen-bond acceptors (Lipinski definition) is 3. The first-order chi connectivity index (χ1) is 9.27. The van der Waals surface area contributed by atoms with Gasteiger partial charge >= 0.3 is 6.18 Å². The second kappa shape index (κ2) is 6.69. The highest BCUT2D eigenvalue weighted by molar-refractivity contribution is 6.30. The Labute approximate surface area is 119 Å². The van der Waals surface area contributed by atoms with Crippen LogP contribution in [0.5, 0.6) is 0 Å². The third-order valence-corrected chi connectivity index (χ3v) is 2.96. The molecular weight excluding hydrogens is 295 g/mol. The first kappa shape index (κ1) is 16.4. The van der Waals surface area contributed by atoms with Crippen LogP contribution in [0.15, 0.2) is 23.4 Å². The van der Waals surface area contributed by atoms with E-state index in [2.05, 4.69) is 10.5 Å². The molecule has 1 aromatic carbocycles. The van der Waals surface area contributed by atoms with E-state index >= 15 is 0 Å². The molecule has 0 bridgehead atoms. The Morgan fingerprint density at radius 3 is 2.65 bits per heavy atom. The summed E-state index contributed by atoms with van der Waals surface area (Å²) in [5, 5.41) is 14.1. The molecule has 0 amide bonds. The normalized spacial score (nSPS) is 14.2. The second-order valence-corrected chi connectivity index (χ2v) is 4.67. The number of hydrogen-bond donors (Lipinski definition) is 3. The molecular formula is C12H15ClF3N3O. The van der Waals surface area contributed by atoms with Crippen LogP contribution in [0.25, 0.3) is 0 Å². The Morgan fingerprint density at radius 1 is 1.50 bits per heavy atom. The van der Waals surface area contributed by atoms with E-state index in [0.717, 1.165) is 6.07 Å². The molecule has 0 fully saturated rings. The lowest BCUT2D eigenvalue weighted by Crippen LogP contribution is -2.27. The number of nitrogens with two attached hydrogens (primary N) is 1. The Bertz CT molecular complexity index is 491. The summed E-state index contributed by atoms with van der Waals surface area (Å²) >= 11 is 5.60. The lowest BCUT2D eigenvalue weighted by Gasteiger charge is -2.21. The van der Waals surface area contributed by atoms with Gasteiger partial charge < -0.3 is 16.3 Å². The van der Waals surface area contributed by atoms with Crippen molar-refractivity contribution in [2.75, 3.05) is 5.32 Å². The van der Waals surface area contributed by atoms with Crippen LogP contribution in [0, 0.1) is 0 Å². The van der Waals surface area contributed by atoms with Crippen LogP contribution in [-0.2, 0) is 6.18 Å². The van der Waals surface area contributed by atoms with Crippen molar-refractivity contribution in [2.24, 2.45) is 10.9 Å². The van der Waals surface area contributed by atoms with Gasteiger partial charge in [0.2, 0.25) is 0 Å². The number of amidine groups is 1. The van der Waals surface area contributed by atoms with Gasteiger partial charge in [-0.2, -0.15) is 13.2 Å². The molecule has 1 rings (SSSR count). The highest BCUT2D eigenvalue weighted by atomic mass is 35.5. The van der Waals surface area contributed by atoms with Crippen molar-refractivity contribution in [1.82, 2.24) is 0 Å². The number of oxime groups is 1. The van der Waals surface area contributed by atoms with Gasteiger partial charge in [-0.15, -0.1) is 0 Å². The number of benzene rings is 1. The molecule has 0 aromatic heterocycles. The lowest BCUT2D eigenvalue weighted by atomic mass is 10.1. The van der Waals surface area contributed by atoms with Gasteiger partial charge in [0, 0.05) is 23.2 Å². The molecule has 20 heavy (non-hydrogen) atoms. The average molecular weight is 310 g/mol. The SMILES string of the molecule is CCC(CC(N)=NO)Nc1ccc(Cl)cc1C(F)(F)F. The summed E-state index contributed by atoms with van der Waals surface area (Å²) in [6.07, 6.45) is -3.87. The molecule has 0 heterocycles. The van der Waals surface area contributed by atoms with Crippen molar-refractivity contribution >= 4 is 23.1 Å². The molecule has 4 nitrogen and oxygen atoms in total. The van der Waals surface area contributed by atoms with Crippen LogP contribution in [0.4, 0.5) is 18.9 Å². The number of alkyl halides is 3. The molecule has 8 heteroatoms. The molecule has 0 saturated carbocycles. The molecule has 1 unspecified atom stereocenters. The maximum atomic E-state index is 12.9. The minimum atomic E-state index is -4.51. The maximum absolute atomic E-state index is 12.9. The zero-order valence-electron chi connectivity index (χ0n) is 10.7. The molecule has 0 saturated heterocycles. The van der Waals surface area contributed by atoms with Crippen molar-refractivity contribution in [3.05, 3.63) is 28.8 Å². The maximum Gasteiger partial charge on any atom is 0.418 e. The van der Waals surface area contributed by atoms with E-state index in [1.807, 2.05) is 0 Å². The van der Waals surface area contributed by atoms with Gasteiger partial charge in [-0.1, -0.05) is 23.7 Å². The van der Waals surface area contributed by atoms with Crippen LogP contribution in [0.1, 0.15) is 25.3 Å². The summed E-state index contributed by atoms with van der Waals surface area (Å²) in [6, 6.07) is 3.11. The molecule has 4 N–H and O–H groups in total. The Hall–Kier alpha value is -1.63. The molecule has 1 aromatic rings. The van der Waals surface area contributed by atoms with E-state index in [0.29, 0.717) is 6.42 Å². The number of anilines is 1. The van der Waals surface area contributed by atoms with E-state index < -0.39 is 11.7 Å². The second-order valence-electron chi connectivity index (χ2n) is 4.23. The number of halogens is 4. The third-order valence-electron chi connectivity index (χ3n) is 2.72. The highest BCUT2D eigenvalue weighted by Crippen LogP contribution is 2.37. The zero-order valence-corrected chi connectivity index (χ0v) is 11.5. The highest BCUT2D eigenvalue weighted by Gasteiger charge is 2.34. The topological polar surface area (TPSA) is 70.6 Å². The number of rotatable bonds is 5. The number of nitrogens with one attached hydrogen (secondary N) is 1. The monoisotopic (exact) mass is 309 g/mol. The van der Waals surface area contributed by atoms with Crippen molar-refractivity contribution in [1.29, 1.82) is 0 Å². The van der Waals surface area contributed by atoms with Crippen LogP contribution in [0.2, 0.25) is 5.02 Å². The van der Waals surface area contributed by atoms with E-state index in [-0.39, 0.29) is 29.0 Å². The quantitative estimate of drug-likeness (QED) is 0.336. The van der Waals surface area contributed by atoms with Crippen LogP contribution < -0.4 is 11.1 Å². The molecule has 0 radical (unpaired) electrons. The Morgan fingerprint density at radius 2 is 2.15 bits per heavy atom. The molecule has 0 aliphatic carbocycles. The summed E-state index contributed by atoms with van der Waals surface area (Å²) in [5.74, 6) is -0.0492. The predicted octanol–water partition coefficient (Wildman–Crippen LogP) is 3.69. The fourth-order valence-corrected chi connectivity index (χ4v) is 1.86. The van der Waals surface area contributed by atoms with Gasteiger partial charge in [0.05, 0.1) is 5.56 Å². The molecule has 1 atom stereocenters. The van der Waals surface area contributed by atoms with Gasteiger partial charge in [0.25, 0.3) is 0 Å². The minimum absolute atomic E-state index is 0.00681. The van der Waals surface area contributed by atoms with Crippen LogP contribution in [0.3, 0.4) is 0 Å². The fourth-order valence-electron chi connectivity index (χ4n) is 1.69. The summed E-state index contributed by atoms with van der Waals surface area (Å²) < 4.78 is 38.8. The Balaban J connectivity index is 3.01. The van der Waals surface area contributed by atoms with Crippen molar-refractivity contribution in [3.63, 3.8) is 0 Å². The van der Waals surface area contributed by atoms with Gasteiger partial charge in [-0.25, -0.2) is 0 Å². The average Bonchev–Trinajstić information content (AvgIpc) is 2.38. The van der Waals surface area contributed by atoms with E-state index in [1.165, 1.54) is 12.1 Å². The van der Waals surface area contributed by atoms with Crippen molar-refractivity contribution in [3.8, 4) is 0 Å². The van der Waals surface area contributed by atoms with Crippen molar-refractivity contribution in [2.45, 2.75) is 32.0 Å². The standard InChI is InChI=1S/C12H15ClF3N3O/c1-2-8(6-11(17)19-20)18-10-4-3-7(13)5-9(10)12(14,15)16/h3-5,8,18,20H,2,6H2,1H3,(H2,17,19). The molecule has 0 aliphatic rings. The summed E-state index contributed by atoms with van der Waals surface area (Å²) in [4.78, 5) is 0. The molecule has 0 spiro atoms. The predicted molar refractivity (Wildman–Crippen MR) is 72.2 cm³/mol. The van der Waals surface area contributed by atoms with E-state index in [4.69, 9.17) is 22.5 Å². The first-order valence-corrected chi connectivity index (χ1v) is 6.25. The summed E-state index contributed by atoms with van der Waals surface area (Å²) in [5.41, 5.74) is 4.44. The first-order valence-electron chi connectivity index (χ1n) is 5.87. The zero-order chi connectivity index (χ0) is 15.3.